The SMILES string of the molecule is COCCC(C)(C)CNC1CCc2ccc(OC)cc21. The van der Waals surface area contributed by atoms with E-state index in [1.54, 1.807) is 14.2 Å². The molecule has 3 heteroatoms. The lowest BCUT2D eigenvalue weighted by atomic mass is 9.89. The van der Waals surface area contributed by atoms with Gasteiger partial charge < -0.3 is 14.8 Å². The molecule has 1 atom stereocenters. The van der Waals surface area contributed by atoms with Gasteiger partial charge in [0.1, 0.15) is 5.75 Å². The summed E-state index contributed by atoms with van der Waals surface area (Å²) in [7, 11) is 3.50. The Morgan fingerprint density at radius 1 is 1.30 bits per heavy atom. The van der Waals surface area contributed by atoms with Gasteiger partial charge in [-0.1, -0.05) is 19.9 Å². The predicted octanol–water partition coefficient (Wildman–Crippen LogP) is 3.33. The van der Waals surface area contributed by atoms with Crippen LogP contribution in [0, 0.1) is 5.41 Å². The van der Waals surface area contributed by atoms with Gasteiger partial charge in [-0.05, 0) is 47.9 Å². The van der Waals surface area contributed by atoms with E-state index in [1.807, 2.05) is 0 Å². The van der Waals surface area contributed by atoms with Crippen LogP contribution >= 0.6 is 0 Å². The molecule has 0 aliphatic heterocycles. The summed E-state index contributed by atoms with van der Waals surface area (Å²) in [6, 6.07) is 6.90. The van der Waals surface area contributed by atoms with Crippen molar-refractivity contribution in [3.8, 4) is 5.75 Å². The van der Waals surface area contributed by atoms with E-state index in [-0.39, 0.29) is 5.41 Å². The minimum absolute atomic E-state index is 0.262. The quantitative estimate of drug-likeness (QED) is 0.829. The molecule has 3 nitrogen and oxygen atoms in total. The topological polar surface area (TPSA) is 30.5 Å². The van der Waals surface area contributed by atoms with Gasteiger partial charge in [0, 0.05) is 26.3 Å². The Balaban J connectivity index is 1.96. The van der Waals surface area contributed by atoms with Crippen molar-refractivity contribution in [3.05, 3.63) is 29.3 Å². The second kappa shape index (κ2) is 6.59. The van der Waals surface area contributed by atoms with Crippen molar-refractivity contribution in [1.29, 1.82) is 0 Å². The molecule has 0 radical (unpaired) electrons. The lowest BCUT2D eigenvalue weighted by molar-refractivity contribution is 0.149. The summed E-state index contributed by atoms with van der Waals surface area (Å²) in [6.45, 7) is 6.42. The summed E-state index contributed by atoms with van der Waals surface area (Å²) in [5.74, 6) is 0.955. The number of methoxy groups -OCH3 is 2. The van der Waals surface area contributed by atoms with Crippen molar-refractivity contribution in [1.82, 2.24) is 5.32 Å². The van der Waals surface area contributed by atoms with Crippen molar-refractivity contribution in [2.75, 3.05) is 27.4 Å². The van der Waals surface area contributed by atoms with Crippen LogP contribution in [0.25, 0.3) is 0 Å². The van der Waals surface area contributed by atoms with Crippen LogP contribution in [0.4, 0.5) is 0 Å². The molecule has 20 heavy (non-hydrogen) atoms. The highest BCUT2D eigenvalue weighted by Gasteiger charge is 2.25. The Hall–Kier alpha value is -1.06. The highest BCUT2D eigenvalue weighted by molar-refractivity contribution is 5.40. The fourth-order valence-corrected chi connectivity index (χ4v) is 2.79. The van der Waals surface area contributed by atoms with E-state index >= 15 is 0 Å². The molecular weight excluding hydrogens is 250 g/mol. The van der Waals surface area contributed by atoms with E-state index in [2.05, 4.69) is 37.4 Å². The summed E-state index contributed by atoms with van der Waals surface area (Å²) in [4.78, 5) is 0. The first kappa shape index (κ1) is 15.3. The first-order chi connectivity index (χ1) is 9.55. The molecule has 1 N–H and O–H groups in total. The van der Waals surface area contributed by atoms with Crippen LogP contribution in [-0.2, 0) is 11.2 Å². The average Bonchev–Trinajstić information content (AvgIpc) is 2.85. The molecule has 1 aromatic carbocycles. The molecule has 0 fully saturated rings. The molecule has 1 aliphatic carbocycles. The van der Waals surface area contributed by atoms with E-state index < -0.39 is 0 Å². The average molecular weight is 277 g/mol. The maximum atomic E-state index is 5.34. The molecule has 0 bridgehead atoms. The summed E-state index contributed by atoms with van der Waals surface area (Å²) >= 11 is 0. The molecule has 1 aliphatic rings. The van der Waals surface area contributed by atoms with E-state index in [0.29, 0.717) is 6.04 Å². The van der Waals surface area contributed by atoms with E-state index in [9.17, 15) is 0 Å². The number of fused-ring (bicyclic) bond motifs is 1. The zero-order chi connectivity index (χ0) is 14.6. The van der Waals surface area contributed by atoms with E-state index in [4.69, 9.17) is 9.47 Å². The van der Waals surface area contributed by atoms with Gasteiger partial charge in [0.25, 0.3) is 0 Å². The summed E-state index contributed by atoms with van der Waals surface area (Å²) in [6.07, 6.45) is 3.42. The minimum Gasteiger partial charge on any atom is -0.497 e. The Morgan fingerprint density at radius 3 is 2.80 bits per heavy atom. The van der Waals surface area contributed by atoms with Crippen molar-refractivity contribution in [2.45, 2.75) is 39.2 Å². The Morgan fingerprint density at radius 2 is 2.10 bits per heavy atom. The van der Waals surface area contributed by atoms with Crippen LogP contribution < -0.4 is 10.1 Å². The number of nitrogens with one attached hydrogen (secondary N) is 1. The molecular formula is C17H27NO2. The second-order valence-electron chi connectivity index (χ2n) is 6.44. The van der Waals surface area contributed by atoms with Gasteiger partial charge in [0.05, 0.1) is 7.11 Å². The summed E-state index contributed by atoms with van der Waals surface area (Å²) < 4.78 is 10.5. The van der Waals surface area contributed by atoms with Crippen molar-refractivity contribution < 1.29 is 9.47 Å². The van der Waals surface area contributed by atoms with Gasteiger partial charge in [-0.2, -0.15) is 0 Å². The molecule has 0 spiro atoms. The number of aryl methyl sites for hydroxylation is 1. The largest absolute Gasteiger partial charge is 0.497 e. The van der Waals surface area contributed by atoms with Gasteiger partial charge in [-0.15, -0.1) is 0 Å². The van der Waals surface area contributed by atoms with Crippen molar-refractivity contribution >= 4 is 0 Å². The standard InChI is InChI=1S/C17H27NO2/c1-17(2,9-10-19-3)12-18-16-8-6-13-5-7-14(20-4)11-15(13)16/h5,7,11,16,18H,6,8-10,12H2,1-4H3. The second-order valence-corrected chi connectivity index (χ2v) is 6.44. The Bertz CT molecular complexity index is 443. The van der Waals surface area contributed by atoms with Crippen LogP contribution in [0.15, 0.2) is 18.2 Å². The third kappa shape index (κ3) is 3.74. The van der Waals surface area contributed by atoms with Gasteiger partial charge in [0.2, 0.25) is 0 Å². The number of hydrogen-bond donors (Lipinski definition) is 1. The summed E-state index contributed by atoms with van der Waals surface area (Å²) in [5, 5.41) is 3.73. The normalized spacial score (nSPS) is 18.1. The highest BCUT2D eigenvalue weighted by atomic mass is 16.5. The van der Waals surface area contributed by atoms with Gasteiger partial charge >= 0.3 is 0 Å². The zero-order valence-corrected chi connectivity index (χ0v) is 13.2. The third-order valence-electron chi connectivity index (χ3n) is 4.24. The smallest absolute Gasteiger partial charge is 0.119 e. The van der Waals surface area contributed by atoms with Crippen LogP contribution in [0.3, 0.4) is 0 Å². The first-order valence-corrected chi connectivity index (χ1v) is 7.45. The van der Waals surface area contributed by atoms with Gasteiger partial charge in [0.15, 0.2) is 0 Å². The number of hydrogen-bond acceptors (Lipinski definition) is 3. The van der Waals surface area contributed by atoms with E-state index in [0.717, 1.165) is 31.7 Å². The number of rotatable bonds is 7. The molecule has 0 aromatic heterocycles. The molecule has 112 valence electrons. The van der Waals surface area contributed by atoms with Gasteiger partial charge in [-0.25, -0.2) is 0 Å². The predicted molar refractivity (Wildman–Crippen MR) is 82.3 cm³/mol. The van der Waals surface area contributed by atoms with Crippen LogP contribution in [0.5, 0.6) is 5.75 Å². The zero-order valence-electron chi connectivity index (χ0n) is 13.2. The fraction of sp³-hybridized carbons (Fsp3) is 0.647. The van der Waals surface area contributed by atoms with Crippen LogP contribution in [0.2, 0.25) is 0 Å². The van der Waals surface area contributed by atoms with Gasteiger partial charge in [-0.3, -0.25) is 0 Å². The minimum atomic E-state index is 0.262. The molecule has 0 amide bonds. The van der Waals surface area contributed by atoms with Crippen molar-refractivity contribution in [2.24, 2.45) is 5.41 Å². The lowest BCUT2D eigenvalue weighted by Crippen LogP contribution is -2.32. The maximum absolute atomic E-state index is 5.34. The molecule has 2 rings (SSSR count). The molecule has 0 saturated carbocycles. The summed E-state index contributed by atoms with van der Waals surface area (Å²) in [5.41, 5.74) is 3.13. The Kier molecular flexibility index (Phi) is 5.06. The van der Waals surface area contributed by atoms with Crippen LogP contribution in [0.1, 0.15) is 43.9 Å². The number of benzene rings is 1. The highest BCUT2D eigenvalue weighted by Crippen LogP contribution is 2.34. The van der Waals surface area contributed by atoms with E-state index in [1.165, 1.54) is 17.5 Å². The Labute approximate surface area is 122 Å². The molecule has 0 heterocycles. The van der Waals surface area contributed by atoms with Crippen LogP contribution in [-0.4, -0.2) is 27.4 Å². The first-order valence-electron chi connectivity index (χ1n) is 7.45. The molecule has 1 aromatic rings. The monoisotopic (exact) mass is 277 g/mol. The lowest BCUT2D eigenvalue weighted by Gasteiger charge is -2.27. The number of ether oxygens (including phenoxy) is 2. The van der Waals surface area contributed by atoms with Crippen molar-refractivity contribution in [3.63, 3.8) is 0 Å². The maximum Gasteiger partial charge on any atom is 0.119 e. The third-order valence-corrected chi connectivity index (χ3v) is 4.24. The fourth-order valence-electron chi connectivity index (χ4n) is 2.79. The molecule has 1 unspecified atom stereocenters. The molecule has 0 saturated heterocycles.